The van der Waals surface area contributed by atoms with E-state index in [0.717, 1.165) is 12.6 Å². The van der Waals surface area contributed by atoms with Gasteiger partial charge in [0.25, 0.3) is 0 Å². The fourth-order valence-corrected chi connectivity index (χ4v) is 2.15. The highest BCUT2D eigenvalue weighted by atomic mass is 15.1. The van der Waals surface area contributed by atoms with Gasteiger partial charge in [-0.3, -0.25) is 4.90 Å². The van der Waals surface area contributed by atoms with E-state index in [9.17, 15) is 0 Å². The Hall–Kier alpha value is -0.340. The van der Waals surface area contributed by atoms with Gasteiger partial charge in [0.1, 0.15) is 0 Å². The lowest BCUT2D eigenvalue weighted by Gasteiger charge is -2.29. The molecular formula is C13H24N2. The van der Waals surface area contributed by atoms with Gasteiger partial charge < -0.3 is 5.32 Å². The Bertz CT molecular complexity index is 229. The summed E-state index contributed by atoms with van der Waals surface area (Å²) in [5.41, 5.74) is 1.67. The molecule has 1 saturated carbocycles. The van der Waals surface area contributed by atoms with Gasteiger partial charge in [-0.05, 0) is 46.1 Å². The maximum atomic E-state index is 3.58. The predicted molar refractivity (Wildman–Crippen MR) is 65.1 cm³/mol. The van der Waals surface area contributed by atoms with E-state index in [0.29, 0.717) is 6.04 Å². The van der Waals surface area contributed by atoms with Gasteiger partial charge in [-0.25, -0.2) is 0 Å². The monoisotopic (exact) mass is 208 g/mol. The molecule has 0 saturated heterocycles. The van der Waals surface area contributed by atoms with Crippen molar-refractivity contribution in [1.82, 2.24) is 10.2 Å². The van der Waals surface area contributed by atoms with Crippen LogP contribution >= 0.6 is 0 Å². The van der Waals surface area contributed by atoms with Crippen molar-refractivity contribution < 1.29 is 0 Å². The van der Waals surface area contributed by atoms with Crippen molar-refractivity contribution in [2.75, 3.05) is 19.6 Å². The molecule has 1 N–H and O–H groups in total. The molecule has 86 valence electrons. The van der Waals surface area contributed by atoms with Crippen LogP contribution in [0.1, 0.15) is 39.5 Å². The smallest absolute Gasteiger partial charge is 0.0168 e. The van der Waals surface area contributed by atoms with Gasteiger partial charge in [-0.15, -0.1) is 0 Å². The molecule has 0 spiro atoms. The lowest BCUT2D eigenvalue weighted by Crippen LogP contribution is -2.35. The molecule has 1 heterocycles. The van der Waals surface area contributed by atoms with Crippen LogP contribution in [0.15, 0.2) is 11.6 Å². The Labute approximate surface area is 93.7 Å². The molecule has 1 aliphatic carbocycles. The zero-order valence-corrected chi connectivity index (χ0v) is 10.1. The highest BCUT2D eigenvalue weighted by Gasteiger charge is 2.20. The van der Waals surface area contributed by atoms with Crippen LogP contribution in [0, 0.1) is 0 Å². The second kappa shape index (κ2) is 5.13. The van der Waals surface area contributed by atoms with Crippen molar-refractivity contribution in [2.45, 2.75) is 51.6 Å². The summed E-state index contributed by atoms with van der Waals surface area (Å²) in [6, 6.07) is 1.56. The highest BCUT2D eigenvalue weighted by molar-refractivity contribution is 5.08. The van der Waals surface area contributed by atoms with Gasteiger partial charge in [0, 0.05) is 25.2 Å². The van der Waals surface area contributed by atoms with Crippen LogP contribution in [0.2, 0.25) is 0 Å². The molecular weight excluding hydrogens is 184 g/mol. The number of nitrogens with one attached hydrogen (secondary N) is 1. The molecule has 2 heteroatoms. The Morgan fingerprint density at radius 2 is 2.27 bits per heavy atom. The van der Waals surface area contributed by atoms with E-state index in [4.69, 9.17) is 0 Å². The van der Waals surface area contributed by atoms with Crippen molar-refractivity contribution in [2.24, 2.45) is 0 Å². The molecule has 0 atom stereocenters. The second-order valence-electron chi connectivity index (χ2n) is 5.18. The zero-order chi connectivity index (χ0) is 10.7. The molecule has 0 aromatic heterocycles. The van der Waals surface area contributed by atoms with Gasteiger partial charge in [0.2, 0.25) is 0 Å². The van der Waals surface area contributed by atoms with Crippen molar-refractivity contribution in [3.8, 4) is 0 Å². The van der Waals surface area contributed by atoms with E-state index in [2.05, 4.69) is 30.1 Å². The lowest BCUT2D eigenvalue weighted by molar-refractivity contribution is 0.237. The molecule has 1 fully saturated rings. The molecule has 2 aliphatic rings. The molecule has 2 rings (SSSR count). The zero-order valence-electron chi connectivity index (χ0n) is 10.1. The summed E-state index contributed by atoms with van der Waals surface area (Å²) in [5.74, 6) is 0. The van der Waals surface area contributed by atoms with Crippen LogP contribution < -0.4 is 5.32 Å². The Balaban J connectivity index is 1.65. The van der Waals surface area contributed by atoms with Crippen LogP contribution in [-0.4, -0.2) is 36.6 Å². The largest absolute Gasteiger partial charge is 0.314 e. The van der Waals surface area contributed by atoms with Crippen LogP contribution in [0.3, 0.4) is 0 Å². The fourth-order valence-electron chi connectivity index (χ4n) is 2.15. The predicted octanol–water partition coefficient (Wildman–Crippen LogP) is 2.17. The SMILES string of the molecule is CC(C)N1CC=C(CCNC2CC2)CC1. The minimum atomic E-state index is 0.701. The van der Waals surface area contributed by atoms with Gasteiger partial charge in [0.05, 0.1) is 0 Å². The van der Waals surface area contributed by atoms with Gasteiger partial charge >= 0.3 is 0 Å². The van der Waals surface area contributed by atoms with Crippen LogP contribution in [0.4, 0.5) is 0 Å². The summed E-state index contributed by atoms with van der Waals surface area (Å²) in [6.45, 7) is 8.18. The van der Waals surface area contributed by atoms with E-state index in [-0.39, 0.29) is 0 Å². The molecule has 15 heavy (non-hydrogen) atoms. The first-order valence-corrected chi connectivity index (χ1v) is 6.41. The third-order valence-electron chi connectivity index (χ3n) is 3.52. The number of hydrogen-bond acceptors (Lipinski definition) is 2. The van der Waals surface area contributed by atoms with Crippen LogP contribution in [0.25, 0.3) is 0 Å². The van der Waals surface area contributed by atoms with E-state index in [1.165, 1.54) is 38.8 Å². The summed E-state index contributed by atoms with van der Waals surface area (Å²) in [6.07, 6.45) is 7.80. The minimum absolute atomic E-state index is 0.701. The fraction of sp³-hybridized carbons (Fsp3) is 0.846. The average molecular weight is 208 g/mol. The lowest BCUT2D eigenvalue weighted by atomic mass is 10.0. The molecule has 1 aliphatic heterocycles. The molecule has 0 aromatic carbocycles. The quantitative estimate of drug-likeness (QED) is 0.697. The molecule has 2 nitrogen and oxygen atoms in total. The number of rotatable bonds is 5. The first kappa shape index (κ1) is 11.2. The van der Waals surface area contributed by atoms with Crippen molar-refractivity contribution in [3.05, 3.63) is 11.6 Å². The maximum Gasteiger partial charge on any atom is 0.0168 e. The van der Waals surface area contributed by atoms with Crippen LogP contribution in [-0.2, 0) is 0 Å². The molecule has 0 radical (unpaired) electrons. The average Bonchev–Trinajstić information content (AvgIpc) is 3.02. The summed E-state index contributed by atoms with van der Waals surface area (Å²) < 4.78 is 0. The summed E-state index contributed by atoms with van der Waals surface area (Å²) in [7, 11) is 0. The van der Waals surface area contributed by atoms with Crippen LogP contribution in [0.5, 0.6) is 0 Å². The number of hydrogen-bond donors (Lipinski definition) is 1. The third kappa shape index (κ3) is 3.62. The Morgan fingerprint density at radius 1 is 1.47 bits per heavy atom. The Kier molecular flexibility index (Phi) is 3.81. The summed E-state index contributed by atoms with van der Waals surface area (Å²) in [5, 5.41) is 3.58. The first-order valence-electron chi connectivity index (χ1n) is 6.41. The Morgan fingerprint density at radius 3 is 2.80 bits per heavy atom. The summed E-state index contributed by atoms with van der Waals surface area (Å²) >= 11 is 0. The first-order chi connectivity index (χ1) is 7.25. The molecule has 0 amide bonds. The molecule has 0 unspecified atom stereocenters. The number of nitrogens with zero attached hydrogens (tertiary/aromatic N) is 1. The summed E-state index contributed by atoms with van der Waals surface area (Å²) in [4.78, 5) is 2.54. The standard InChI is InChI=1S/C13H24N2/c1-11(2)15-9-6-12(7-10-15)5-8-14-13-3-4-13/h6,11,13-14H,3-5,7-10H2,1-2H3. The van der Waals surface area contributed by atoms with E-state index in [1.54, 1.807) is 5.57 Å². The van der Waals surface area contributed by atoms with Crippen molar-refractivity contribution >= 4 is 0 Å². The molecule has 0 bridgehead atoms. The normalized spacial score (nSPS) is 23.3. The topological polar surface area (TPSA) is 15.3 Å². The van der Waals surface area contributed by atoms with Gasteiger partial charge in [-0.1, -0.05) is 11.6 Å². The van der Waals surface area contributed by atoms with E-state index in [1.807, 2.05) is 0 Å². The minimum Gasteiger partial charge on any atom is -0.314 e. The van der Waals surface area contributed by atoms with Crippen molar-refractivity contribution in [1.29, 1.82) is 0 Å². The highest BCUT2D eigenvalue weighted by Crippen LogP contribution is 2.20. The maximum absolute atomic E-state index is 3.58. The molecule has 0 aromatic rings. The van der Waals surface area contributed by atoms with E-state index >= 15 is 0 Å². The third-order valence-corrected chi connectivity index (χ3v) is 3.52. The second-order valence-corrected chi connectivity index (χ2v) is 5.18. The van der Waals surface area contributed by atoms with Crippen molar-refractivity contribution in [3.63, 3.8) is 0 Å². The van der Waals surface area contributed by atoms with Gasteiger partial charge in [0.15, 0.2) is 0 Å². The van der Waals surface area contributed by atoms with E-state index < -0.39 is 0 Å². The van der Waals surface area contributed by atoms with Gasteiger partial charge in [-0.2, -0.15) is 0 Å².